The summed E-state index contributed by atoms with van der Waals surface area (Å²) in [5.74, 6) is -3.20. The molecule has 0 aliphatic heterocycles. The van der Waals surface area contributed by atoms with Gasteiger partial charge < -0.3 is 5.11 Å². The van der Waals surface area contributed by atoms with Crippen molar-refractivity contribution in [3.05, 3.63) is 70.5 Å². The maximum Gasteiger partial charge on any atom is 0.135 e. The molecular weight excluding hydrogens is 241 g/mol. The normalized spacial score (nSPS) is 12.5. The Morgan fingerprint density at radius 2 is 1.56 bits per heavy atom. The van der Waals surface area contributed by atoms with Crippen molar-refractivity contribution in [3.8, 4) is 0 Å². The maximum atomic E-state index is 13.5. The quantitative estimate of drug-likeness (QED) is 0.867. The van der Waals surface area contributed by atoms with Crippen LogP contribution in [0.3, 0.4) is 0 Å². The molecule has 0 radical (unpaired) electrons. The molecule has 0 heterocycles. The molecule has 94 valence electrons. The molecule has 1 N–H and O–H groups in total. The fourth-order valence-corrected chi connectivity index (χ4v) is 1.86. The molecule has 0 aromatic heterocycles. The molecule has 0 aliphatic carbocycles. The van der Waals surface area contributed by atoms with Gasteiger partial charge in [-0.3, -0.25) is 0 Å². The Kier molecular flexibility index (Phi) is 3.39. The predicted molar refractivity (Wildman–Crippen MR) is 61.6 cm³/mol. The lowest BCUT2D eigenvalue weighted by atomic mass is 9.97. The minimum atomic E-state index is -1.45. The van der Waals surface area contributed by atoms with Crippen LogP contribution in [0, 0.1) is 24.4 Å². The van der Waals surface area contributed by atoms with E-state index < -0.39 is 29.1 Å². The second kappa shape index (κ2) is 4.82. The summed E-state index contributed by atoms with van der Waals surface area (Å²) < 4.78 is 39.9. The van der Waals surface area contributed by atoms with Crippen molar-refractivity contribution in [3.63, 3.8) is 0 Å². The highest BCUT2D eigenvalue weighted by Crippen LogP contribution is 2.29. The Balaban J connectivity index is 2.53. The molecule has 0 fully saturated rings. The van der Waals surface area contributed by atoms with E-state index in [-0.39, 0.29) is 0 Å². The molecule has 2 aromatic carbocycles. The zero-order valence-corrected chi connectivity index (χ0v) is 9.62. The lowest BCUT2D eigenvalue weighted by molar-refractivity contribution is 0.208. The molecule has 1 nitrogen and oxygen atoms in total. The Bertz CT molecular complexity index is 558. The summed E-state index contributed by atoms with van der Waals surface area (Å²) in [6.07, 6.45) is -1.45. The van der Waals surface area contributed by atoms with E-state index in [2.05, 4.69) is 0 Å². The molecule has 18 heavy (non-hydrogen) atoms. The fourth-order valence-electron chi connectivity index (χ4n) is 1.86. The highest BCUT2D eigenvalue weighted by molar-refractivity contribution is 5.36. The zero-order valence-electron chi connectivity index (χ0n) is 9.62. The summed E-state index contributed by atoms with van der Waals surface area (Å²) in [6, 6.07) is 7.81. The van der Waals surface area contributed by atoms with Crippen LogP contribution >= 0.6 is 0 Å². The molecule has 0 saturated carbocycles. The first kappa shape index (κ1) is 12.6. The predicted octanol–water partition coefficient (Wildman–Crippen LogP) is 3.49. The third kappa shape index (κ3) is 2.24. The van der Waals surface area contributed by atoms with E-state index in [1.54, 1.807) is 31.2 Å². The van der Waals surface area contributed by atoms with E-state index >= 15 is 0 Å². The number of halogens is 3. The van der Waals surface area contributed by atoms with Crippen molar-refractivity contribution in [1.82, 2.24) is 0 Å². The fraction of sp³-hybridized carbons (Fsp3) is 0.143. The van der Waals surface area contributed by atoms with Crippen LogP contribution in [-0.2, 0) is 0 Å². The second-order valence-corrected chi connectivity index (χ2v) is 4.04. The summed E-state index contributed by atoms with van der Waals surface area (Å²) in [5, 5.41) is 10.0. The molecule has 0 saturated heterocycles. The van der Waals surface area contributed by atoms with Crippen LogP contribution in [0.1, 0.15) is 22.8 Å². The number of hydrogen-bond acceptors (Lipinski definition) is 1. The average Bonchev–Trinajstić information content (AvgIpc) is 2.27. The Morgan fingerprint density at radius 1 is 1.00 bits per heavy atom. The SMILES string of the molecule is Cc1ccccc1C(O)c1c(F)cc(F)cc1F. The van der Waals surface area contributed by atoms with Crippen LogP contribution in [0.15, 0.2) is 36.4 Å². The number of aryl methyl sites for hydroxylation is 1. The first-order valence-electron chi connectivity index (χ1n) is 5.38. The van der Waals surface area contributed by atoms with Crippen molar-refractivity contribution in [2.45, 2.75) is 13.0 Å². The highest BCUT2D eigenvalue weighted by Gasteiger charge is 2.21. The number of aliphatic hydroxyl groups excluding tert-OH is 1. The maximum absolute atomic E-state index is 13.5. The monoisotopic (exact) mass is 252 g/mol. The van der Waals surface area contributed by atoms with Crippen LogP contribution in [-0.4, -0.2) is 5.11 Å². The highest BCUT2D eigenvalue weighted by atomic mass is 19.1. The van der Waals surface area contributed by atoms with Crippen LogP contribution in [0.5, 0.6) is 0 Å². The third-order valence-corrected chi connectivity index (χ3v) is 2.80. The standard InChI is InChI=1S/C14H11F3O/c1-8-4-2-3-5-10(8)14(18)13-11(16)6-9(15)7-12(13)17/h2-7,14,18H,1H3. The largest absolute Gasteiger partial charge is 0.383 e. The van der Waals surface area contributed by atoms with Gasteiger partial charge in [0.15, 0.2) is 0 Å². The molecule has 0 bridgehead atoms. The smallest absolute Gasteiger partial charge is 0.135 e. The topological polar surface area (TPSA) is 20.2 Å². The van der Waals surface area contributed by atoms with E-state index in [4.69, 9.17) is 0 Å². The second-order valence-electron chi connectivity index (χ2n) is 4.04. The number of rotatable bonds is 2. The van der Waals surface area contributed by atoms with E-state index in [1.807, 2.05) is 0 Å². The minimum absolute atomic E-state index is 0.391. The van der Waals surface area contributed by atoms with Gasteiger partial charge in [0, 0.05) is 12.1 Å². The molecule has 2 aromatic rings. The van der Waals surface area contributed by atoms with Gasteiger partial charge in [-0.05, 0) is 18.1 Å². The van der Waals surface area contributed by atoms with Crippen LogP contribution in [0.4, 0.5) is 13.2 Å². The molecular formula is C14H11F3O. The minimum Gasteiger partial charge on any atom is -0.383 e. The van der Waals surface area contributed by atoms with E-state index in [0.717, 1.165) is 0 Å². The van der Waals surface area contributed by atoms with Crippen molar-refractivity contribution in [2.75, 3.05) is 0 Å². The number of aliphatic hydroxyl groups is 1. The van der Waals surface area contributed by atoms with Gasteiger partial charge >= 0.3 is 0 Å². The van der Waals surface area contributed by atoms with E-state index in [9.17, 15) is 18.3 Å². The Labute approximate surface area is 103 Å². The number of benzene rings is 2. The molecule has 0 aliphatic rings. The lowest BCUT2D eigenvalue weighted by Gasteiger charge is -2.15. The van der Waals surface area contributed by atoms with Gasteiger partial charge in [0.1, 0.15) is 23.6 Å². The van der Waals surface area contributed by atoms with Gasteiger partial charge in [0.25, 0.3) is 0 Å². The summed E-state index contributed by atoms with van der Waals surface area (Å²) in [6.45, 7) is 1.72. The molecule has 4 heteroatoms. The van der Waals surface area contributed by atoms with Gasteiger partial charge in [-0.25, -0.2) is 13.2 Å². The van der Waals surface area contributed by atoms with Crippen molar-refractivity contribution < 1.29 is 18.3 Å². The first-order chi connectivity index (χ1) is 8.50. The van der Waals surface area contributed by atoms with Crippen LogP contribution in [0.2, 0.25) is 0 Å². The van der Waals surface area contributed by atoms with Gasteiger partial charge in [0.2, 0.25) is 0 Å². The van der Waals surface area contributed by atoms with Crippen molar-refractivity contribution in [2.24, 2.45) is 0 Å². The summed E-state index contributed by atoms with van der Waals surface area (Å²) in [5.41, 5.74) is 0.556. The van der Waals surface area contributed by atoms with Crippen molar-refractivity contribution >= 4 is 0 Å². The summed E-state index contributed by atoms with van der Waals surface area (Å²) in [7, 11) is 0. The zero-order chi connectivity index (χ0) is 13.3. The van der Waals surface area contributed by atoms with E-state index in [1.165, 1.54) is 0 Å². The molecule has 1 atom stereocenters. The lowest BCUT2D eigenvalue weighted by Crippen LogP contribution is -2.08. The first-order valence-corrected chi connectivity index (χ1v) is 5.38. The summed E-state index contributed by atoms with van der Waals surface area (Å²) >= 11 is 0. The van der Waals surface area contributed by atoms with Gasteiger partial charge in [0.05, 0.1) is 5.56 Å². The molecule has 0 spiro atoms. The van der Waals surface area contributed by atoms with E-state index in [0.29, 0.717) is 23.3 Å². The van der Waals surface area contributed by atoms with Crippen LogP contribution < -0.4 is 0 Å². The molecule has 1 unspecified atom stereocenters. The Morgan fingerprint density at radius 3 is 2.11 bits per heavy atom. The van der Waals surface area contributed by atoms with Gasteiger partial charge in [-0.1, -0.05) is 24.3 Å². The third-order valence-electron chi connectivity index (χ3n) is 2.80. The number of hydrogen-bond donors (Lipinski definition) is 1. The summed E-state index contributed by atoms with van der Waals surface area (Å²) in [4.78, 5) is 0. The van der Waals surface area contributed by atoms with Gasteiger partial charge in [-0.2, -0.15) is 0 Å². The molecule has 0 amide bonds. The van der Waals surface area contributed by atoms with Crippen molar-refractivity contribution in [1.29, 1.82) is 0 Å². The molecule has 2 rings (SSSR count). The van der Waals surface area contributed by atoms with Crippen LogP contribution in [0.25, 0.3) is 0 Å². The van der Waals surface area contributed by atoms with Gasteiger partial charge in [-0.15, -0.1) is 0 Å². The average molecular weight is 252 g/mol. The Hall–Kier alpha value is -1.81.